The van der Waals surface area contributed by atoms with Crippen molar-refractivity contribution in [3.05, 3.63) is 54.0 Å². The van der Waals surface area contributed by atoms with Gasteiger partial charge in [-0.05, 0) is 30.9 Å². The summed E-state index contributed by atoms with van der Waals surface area (Å²) in [5.41, 5.74) is 2.93. The van der Waals surface area contributed by atoms with Gasteiger partial charge in [-0.1, -0.05) is 37.5 Å². The number of anilines is 1. The maximum absolute atomic E-state index is 12.3. The number of amides is 1. The Balaban J connectivity index is 1.29. The molecule has 2 aromatic heterocycles. The normalized spacial score (nSPS) is 15.0. The molecule has 1 aliphatic carbocycles. The molecular weight excluding hydrogens is 338 g/mol. The Bertz CT molecular complexity index is 896. The third-order valence-electron chi connectivity index (χ3n) is 5.21. The molecule has 2 heterocycles. The van der Waals surface area contributed by atoms with E-state index < -0.39 is 0 Å². The Morgan fingerprint density at radius 3 is 2.70 bits per heavy atom. The first-order valence-corrected chi connectivity index (χ1v) is 9.71. The maximum atomic E-state index is 12.3. The quantitative estimate of drug-likeness (QED) is 0.624. The van der Waals surface area contributed by atoms with E-state index in [4.69, 9.17) is 0 Å². The lowest BCUT2D eigenvalue weighted by Gasteiger charge is -2.22. The fourth-order valence-electron chi connectivity index (χ4n) is 3.70. The molecule has 3 N–H and O–H groups in total. The minimum Gasteiger partial charge on any atom is -0.361 e. The average molecular weight is 363 g/mol. The standard InChI is InChI=1S/C21H25N5O/c27-20(26-17-6-2-1-3-7-17)16-13-24-21(25-14-16)22-11-10-15-12-23-19-9-5-4-8-18(15)19/h4-5,8-9,12-14,17,23H,1-3,6-7,10-11H2,(H,26,27)(H,22,24,25). The van der Waals surface area contributed by atoms with Crippen LogP contribution in [-0.2, 0) is 6.42 Å². The van der Waals surface area contributed by atoms with Gasteiger partial charge in [-0.3, -0.25) is 4.79 Å². The zero-order chi connectivity index (χ0) is 18.5. The Labute approximate surface area is 158 Å². The van der Waals surface area contributed by atoms with Crippen LogP contribution >= 0.6 is 0 Å². The van der Waals surface area contributed by atoms with E-state index in [0.717, 1.165) is 31.3 Å². The van der Waals surface area contributed by atoms with Gasteiger partial charge in [0.2, 0.25) is 5.95 Å². The van der Waals surface area contributed by atoms with Crippen LogP contribution in [0.4, 0.5) is 5.95 Å². The van der Waals surface area contributed by atoms with Gasteiger partial charge in [0.15, 0.2) is 0 Å². The fourth-order valence-corrected chi connectivity index (χ4v) is 3.70. The van der Waals surface area contributed by atoms with Crippen molar-refractivity contribution in [2.45, 2.75) is 44.6 Å². The van der Waals surface area contributed by atoms with Gasteiger partial charge in [0.25, 0.3) is 5.91 Å². The van der Waals surface area contributed by atoms with Crippen LogP contribution < -0.4 is 10.6 Å². The lowest BCUT2D eigenvalue weighted by Crippen LogP contribution is -2.36. The van der Waals surface area contributed by atoms with E-state index in [1.165, 1.54) is 30.2 Å². The van der Waals surface area contributed by atoms with E-state index in [1.54, 1.807) is 12.4 Å². The number of carbonyl (C=O) groups excluding carboxylic acids is 1. The van der Waals surface area contributed by atoms with Gasteiger partial charge < -0.3 is 15.6 Å². The van der Waals surface area contributed by atoms with Gasteiger partial charge in [-0.15, -0.1) is 0 Å². The van der Waals surface area contributed by atoms with Crippen LogP contribution in [0, 0.1) is 0 Å². The third kappa shape index (κ3) is 4.27. The van der Waals surface area contributed by atoms with Crippen molar-refractivity contribution < 1.29 is 4.79 Å². The summed E-state index contributed by atoms with van der Waals surface area (Å²) in [5, 5.41) is 7.56. The molecule has 4 rings (SSSR count). The van der Waals surface area contributed by atoms with Gasteiger partial charge in [0.05, 0.1) is 5.56 Å². The predicted molar refractivity (Wildman–Crippen MR) is 107 cm³/mol. The lowest BCUT2D eigenvalue weighted by molar-refractivity contribution is 0.0927. The first-order valence-electron chi connectivity index (χ1n) is 9.71. The van der Waals surface area contributed by atoms with Crippen molar-refractivity contribution in [1.29, 1.82) is 0 Å². The van der Waals surface area contributed by atoms with Crippen molar-refractivity contribution in [2.75, 3.05) is 11.9 Å². The number of aromatic nitrogens is 3. The lowest BCUT2D eigenvalue weighted by atomic mass is 9.95. The molecule has 1 aromatic carbocycles. The SMILES string of the molecule is O=C(NC1CCCCC1)c1cnc(NCCc2c[nH]c3ccccc23)nc1. The van der Waals surface area contributed by atoms with E-state index in [2.05, 4.69) is 37.7 Å². The highest BCUT2D eigenvalue weighted by molar-refractivity contribution is 5.93. The van der Waals surface area contributed by atoms with E-state index in [-0.39, 0.29) is 5.91 Å². The summed E-state index contributed by atoms with van der Waals surface area (Å²) in [5.74, 6) is 0.469. The van der Waals surface area contributed by atoms with Crippen molar-refractivity contribution in [3.8, 4) is 0 Å². The minimum absolute atomic E-state index is 0.0766. The first kappa shape index (κ1) is 17.5. The molecule has 140 valence electrons. The van der Waals surface area contributed by atoms with Crippen LogP contribution in [0.2, 0.25) is 0 Å². The summed E-state index contributed by atoms with van der Waals surface area (Å²) in [7, 11) is 0. The molecular formula is C21H25N5O. The summed E-state index contributed by atoms with van der Waals surface area (Å²) in [4.78, 5) is 24.2. The van der Waals surface area contributed by atoms with Gasteiger partial charge in [0, 0.05) is 42.1 Å². The van der Waals surface area contributed by atoms with Crippen LogP contribution in [0.15, 0.2) is 42.9 Å². The molecule has 0 spiro atoms. The number of rotatable bonds is 6. The molecule has 1 aliphatic rings. The predicted octanol–water partition coefficient (Wildman–Crippen LogP) is 3.68. The number of nitrogens with zero attached hydrogens (tertiary/aromatic N) is 2. The van der Waals surface area contributed by atoms with Crippen LogP contribution in [0.3, 0.4) is 0 Å². The Kier molecular flexibility index (Phi) is 5.32. The second kappa shape index (κ2) is 8.20. The fraction of sp³-hybridized carbons (Fsp3) is 0.381. The third-order valence-corrected chi connectivity index (χ3v) is 5.21. The number of aromatic amines is 1. The number of benzene rings is 1. The molecule has 27 heavy (non-hydrogen) atoms. The highest BCUT2D eigenvalue weighted by Crippen LogP contribution is 2.19. The van der Waals surface area contributed by atoms with Crippen LogP contribution in [0.5, 0.6) is 0 Å². The molecule has 6 nitrogen and oxygen atoms in total. The molecule has 0 bridgehead atoms. The minimum atomic E-state index is -0.0766. The highest BCUT2D eigenvalue weighted by atomic mass is 16.1. The molecule has 0 aliphatic heterocycles. The molecule has 0 atom stereocenters. The number of hydrogen-bond acceptors (Lipinski definition) is 4. The van der Waals surface area contributed by atoms with Crippen LogP contribution in [0.1, 0.15) is 48.0 Å². The number of fused-ring (bicyclic) bond motifs is 1. The Morgan fingerprint density at radius 1 is 1.11 bits per heavy atom. The first-order chi connectivity index (χ1) is 13.3. The largest absolute Gasteiger partial charge is 0.361 e. The highest BCUT2D eigenvalue weighted by Gasteiger charge is 2.17. The van der Waals surface area contributed by atoms with Crippen molar-refractivity contribution in [1.82, 2.24) is 20.3 Å². The summed E-state index contributed by atoms with van der Waals surface area (Å²) in [6, 6.07) is 8.57. The van der Waals surface area contributed by atoms with Crippen molar-refractivity contribution >= 4 is 22.8 Å². The van der Waals surface area contributed by atoms with E-state index in [9.17, 15) is 4.79 Å². The van der Waals surface area contributed by atoms with Crippen LogP contribution in [0.25, 0.3) is 10.9 Å². The Hall–Kier alpha value is -2.89. The number of H-pyrrole nitrogens is 1. The average Bonchev–Trinajstić information content (AvgIpc) is 3.12. The maximum Gasteiger partial charge on any atom is 0.254 e. The summed E-state index contributed by atoms with van der Waals surface area (Å²) in [6.45, 7) is 0.732. The number of para-hydroxylation sites is 1. The van der Waals surface area contributed by atoms with E-state index >= 15 is 0 Å². The summed E-state index contributed by atoms with van der Waals surface area (Å²) >= 11 is 0. The monoisotopic (exact) mass is 363 g/mol. The molecule has 1 saturated carbocycles. The summed E-state index contributed by atoms with van der Waals surface area (Å²) in [6.07, 6.45) is 11.9. The zero-order valence-electron chi connectivity index (χ0n) is 15.4. The molecule has 0 saturated heterocycles. The topological polar surface area (TPSA) is 82.7 Å². The summed E-state index contributed by atoms with van der Waals surface area (Å²) < 4.78 is 0. The Morgan fingerprint density at radius 2 is 1.89 bits per heavy atom. The number of nitrogens with one attached hydrogen (secondary N) is 3. The van der Waals surface area contributed by atoms with Gasteiger partial charge in [-0.2, -0.15) is 0 Å². The molecule has 0 radical (unpaired) electrons. The number of carbonyl (C=O) groups is 1. The molecule has 6 heteroatoms. The molecule has 3 aromatic rings. The van der Waals surface area contributed by atoms with Crippen molar-refractivity contribution in [3.63, 3.8) is 0 Å². The zero-order valence-corrected chi connectivity index (χ0v) is 15.4. The van der Waals surface area contributed by atoms with Gasteiger partial charge in [-0.25, -0.2) is 9.97 Å². The molecule has 0 unspecified atom stereocenters. The second-order valence-corrected chi connectivity index (χ2v) is 7.14. The van der Waals surface area contributed by atoms with E-state index in [1.807, 2.05) is 18.3 Å². The molecule has 1 amide bonds. The molecule has 1 fully saturated rings. The van der Waals surface area contributed by atoms with Gasteiger partial charge in [0.1, 0.15) is 0 Å². The van der Waals surface area contributed by atoms with Crippen LogP contribution in [-0.4, -0.2) is 33.4 Å². The van der Waals surface area contributed by atoms with Gasteiger partial charge >= 0.3 is 0 Å². The second-order valence-electron chi connectivity index (χ2n) is 7.14. The van der Waals surface area contributed by atoms with E-state index in [0.29, 0.717) is 17.6 Å². The number of hydrogen-bond donors (Lipinski definition) is 3. The smallest absolute Gasteiger partial charge is 0.254 e. The van der Waals surface area contributed by atoms with Crippen molar-refractivity contribution in [2.24, 2.45) is 0 Å².